The van der Waals surface area contributed by atoms with Crippen LogP contribution in [0.5, 0.6) is 0 Å². The quantitative estimate of drug-likeness (QED) is 0.734. The number of carboxylic acids is 1. The molecule has 104 valence electrons. The van der Waals surface area contributed by atoms with Crippen molar-refractivity contribution in [3.63, 3.8) is 0 Å². The maximum atomic E-state index is 11.5. The maximum absolute atomic E-state index is 11.5. The molecule has 0 aromatic carbocycles. The highest BCUT2D eigenvalue weighted by atomic mass is 16.4. The number of amides is 1. The van der Waals surface area contributed by atoms with Crippen molar-refractivity contribution in [2.75, 3.05) is 6.54 Å². The van der Waals surface area contributed by atoms with Crippen LogP contribution in [-0.2, 0) is 9.59 Å². The van der Waals surface area contributed by atoms with E-state index >= 15 is 0 Å². The zero-order chi connectivity index (χ0) is 13.8. The molecule has 18 heavy (non-hydrogen) atoms. The van der Waals surface area contributed by atoms with E-state index in [1.165, 1.54) is 0 Å². The first-order valence-electron chi connectivity index (χ1n) is 6.80. The molecule has 0 bridgehead atoms. The molecule has 0 aliphatic heterocycles. The van der Waals surface area contributed by atoms with Crippen molar-refractivity contribution in [1.29, 1.82) is 0 Å². The summed E-state index contributed by atoms with van der Waals surface area (Å²) in [6.45, 7) is 7.05. The van der Waals surface area contributed by atoms with Crippen LogP contribution in [0.4, 0.5) is 0 Å². The molecule has 1 unspecified atom stereocenters. The number of hydrogen-bond donors (Lipinski definition) is 2. The van der Waals surface area contributed by atoms with Gasteiger partial charge < -0.3 is 10.4 Å². The predicted molar refractivity (Wildman–Crippen MR) is 70.2 cm³/mol. The third kappa shape index (κ3) is 5.52. The van der Waals surface area contributed by atoms with Crippen LogP contribution in [0.1, 0.15) is 52.9 Å². The average molecular weight is 255 g/mol. The van der Waals surface area contributed by atoms with Crippen LogP contribution >= 0.6 is 0 Å². The first kappa shape index (κ1) is 15.0. The van der Waals surface area contributed by atoms with E-state index in [0.29, 0.717) is 18.9 Å². The van der Waals surface area contributed by atoms with E-state index in [1.807, 2.05) is 0 Å². The molecule has 0 spiro atoms. The first-order chi connectivity index (χ1) is 8.30. The lowest BCUT2D eigenvalue weighted by Gasteiger charge is -2.30. The smallest absolute Gasteiger partial charge is 0.303 e. The highest BCUT2D eigenvalue weighted by Crippen LogP contribution is 2.32. The van der Waals surface area contributed by atoms with Crippen LogP contribution in [0.15, 0.2) is 0 Å². The van der Waals surface area contributed by atoms with Crippen molar-refractivity contribution in [2.24, 2.45) is 17.3 Å². The third-order valence-corrected chi connectivity index (χ3v) is 3.67. The van der Waals surface area contributed by atoms with E-state index in [-0.39, 0.29) is 23.7 Å². The summed E-state index contributed by atoms with van der Waals surface area (Å²) in [6, 6.07) is 0. The summed E-state index contributed by atoms with van der Waals surface area (Å²) in [6.07, 6.45) is 3.78. The molecule has 0 saturated heterocycles. The second kappa shape index (κ2) is 6.21. The Morgan fingerprint density at radius 2 is 1.89 bits per heavy atom. The standard InChI is InChI=1S/C14H25NO3/c1-14(2,3)11(6-7-12(16)17)8-9-15-13(18)10-4-5-10/h10-11H,4-9H2,1-3H3,(H,15,18)(H,16,17). The van der Waals surface area contributed by atoms with Gasteiger partial charge in [0.05, 0.1) is 0 Å². The summed E-state index contributed by atoms with van der Waals surface area (Å²) in [5, 5.41) is 11.7. The van der Waals surface area contributed by atoms with Crippen molar-refractivity contribution < 1.29 is 14.7 Å². The van der Waals surface area contributed by atoms with Gasteiger partial charge in [-0.1, -0.05) is 20.8 Å². The Hall–Kier alpha value is -1.06. The Labute approximate surface area is 109 Å². The molecule has 0 aromatic rings. The zero-order valence-corrected chi connectivity index (χ0v) is 11.7. The Kier molecular flexibility index (Phi) is 5.17. The number of rotatable bonds is 7. The van der Waals surface area contributed by atoms with Gasteiger partial charge in [0.25, 0.3) is 0 Å². The van der Waals surface area contributed by atoms with Gasteiger partial charge >= 0.3 is 5.97 Å². The van der Waals surface area contributed by atoms with Crippen LogP contribution in [0.2, 0.25) is 0 Å². The van der Waals surface area contributed by atoms with Gasteiger partial charge in [0.2, 0.25) is 5.91 Å². The number of carboxylic acid groups (broad SMARTS) is 1. The monoisotopic (exact) mass is 255 g/mol. The summed E-state index contributed by atoms with van der Waals surface area (Å²) in [5.41, 5.74) is 0.0831. The summed E-state index contributed by atoms with van der Waals surface area (Å²) >= 11 is 0. The van der Waals surface area contributed by atoms with Gasteiger partial charge in [-0.05, 0) is 37.0 Å². The first-order valence-corrected chi connectivity index (χ1v) is 6.80. The number of carbonyl (C=O) groups excluding carboxylic acids is 1. The van der Waals surface area contributed by atoms with E-state index < -0.39 is 5.97 Å². The van der Waals surface area contributed by atoms with Crippen molar-refractivity contribution in [1.82, 2.24) is 5.32 Å². The van der Waals surface area contributed by atoms with Crippen LogP contribution in [0, 0.1) is 17.3 Å². The number of nitrogens with one attached hydrogen (secondary N) is 1. The fourth-order valence-electron chi connectivity index (χ4n) is 2.17. The van der Waals surface area contributed by atoms with E-state index in [4.69, 9.17) is 5.11 Å². The van der Waals surface area contributed by atoms with Crippen LogP contribution < -0.4 is 5.32 Å². The number of aliphatic carboxylic acids is 1. The molecule has 1 fully saturated rings. The minimum Gasteiger partial charge on any atom is -0.481 e. The third-order valence-electron chi connectivity index (χ3n) is 3.67. The number of carbonyl (C=O) groups is 2. The van der Waals surface area contributed by atoms with Gasteiger partial charge in [0.1, 0.15) is 0 Å². The molecule has 4 nitrogen and oxygen atoms in total. The molecule has 2 N–H and O–H groups in total. The zero-order valence-electron chi connectivity index (χ0n) is 11.7. The topological polar surface area (TPSA) is 66.4 Å². The highest BCUT2D eigenvalue weighted by molar-refractivity contribution is 5.80. The molecule has 0 aromatic heterocycles. The summed E-state index contributed by atoms with van der Waals surface area (Å²) < 4.78 is 0. The van der Waals surface area contributed by atoms with E-state index in [9.17, 15) is 9.59 Å². The Morgan fingerprint density at radius 1 is 1.28 bits per heavy atom. The SMILES string of the molecule is CC(C)(C)C(CCNC(=O)C1CC1)CCC(=O)O. The van der Waals surface area contributed by atoms with Gasteiger partial charge in [-0.2, -0.15) is 0 Å². The molecule has 1 rings (SSSR count). The molecule has 0 radical (unpaired) electrons. The lowest BCUT2D eigenvalue weighted by atomic mass is 9.76. The minimum atomic E-state index is -0.744. The van der Waals surface area contributed by atoms with Crippen LogP contribution in [-0.4, -0.2) is 23.5 Å². The molecular weight excluding hydrogens is 230 g/mol. The van der Waals surface area contributed by atoms with E-state index in [0.717, 1.165) is 19.3 Å². The van der Waals surface area contributed by atoms with Gasteiger partial charge in [-0.25, -0.2) is 0 Å². The number of hydrogen-bond acceptors (Lipinski definition) is 2. The van der Waals surface area contributed by atoms with Crippen LogP contribution in [0.25, 0.3) is 0 Å². The summed E-state index contributed by atoms with van der Waals surface area (Å²) in [5.74, 6) is -0.00244. The minimum absolute atomic E-state index is 0.0831. The molecule has 1 aliphatic rings. The molecule has 0 heterocycles. The average Bonchev–Trinajstić information content (AvgIpc) is 3.03. The molecule has 1 saturated carbocycles. The van der Waals surface area contributed by atoms with E-state index in [2.05, 4.69) is 26.1 Å². The lowest BCUT2D eigenvalue weighted by molar-refractivity contribution is -0.137. The van der Waals surface area contributed by atoms with Crippen molar-refractivity contribution in [2.45, 2.75) is 52.9 Å². The van der Waals surface area contributed by atoms with Gasteiger partial charge in [-0.3, -0.25) is 9.59 Å². The van der Waals surface area contributed by atoms with Gasteiger partial charge in [-0.15, -0.1) is 0 Å². The Balaban J connectivity index is 2.30. The maximum Gasteiger partial charge on any atom is 0.303 e. The predicted octanol–water partition coefficient (Wildman–Crippen LogP) is 2.43. The van der Waals surface area contributed by atoms with E-state index in [1.54, 1.807) is 0 Å². The molecular formula is C14H25NO3. The normalized spacial score (nSPS) is 17.3. The van der Waals surface area contributed by atoms with Crippen LogP contribution in [0.3, 0.4) is 0 Å². The highest BCUT2D eigenvalue weighted by Gasteiger charge is 2.30. The van der Waals surface area contributed by atoms with Gasteiger partial charge in [0.15, 0.2) is 0 Å². The molecule has 1 amide bonds. The Morgan fingerprint density at radius 3 is 2.33 bits per heavy atom. The molecule has 1 atom stereocenters. The summed E-state index contributed by atoms with van der Waals surface area (Å²) in [7, 11) is 0. The summed E-state index contributed by atoms with van der Waals surface area (Å²) in [4.78, 5) is 22.1. The Bertz CT molecular complexity index is 303. The largest absolute Gasteiger partial charge is 0.481 e. The lowest BCUT2D eigenvalue weighted by Crippen LogP contribution is -2.30. The fraction of sp³-hybridized carbons (Fsp3) is 0.857. The fourth-order valence-corrected chi connectivity index (χ4v) is 2.17. The molecule has 4 heteroatoms. The molecule has 1 aliphatic carbocycles. The van der Waals surface area contributed by atoms with Gasteiger partial charge in [0, 0.05) is 18.9 Å². The van der Waals surface area contributed by atoms with Crippen molar-refractivity contribution >= 4 is 11.9 Å². The van der Waals surface area contributed by atoms with Crippen molar-refractivity contribution in [3.8, 4) is 0 Å². The second-order valence-electron chi connectivity index (χ2n) is 6.35. The second-order valence-corrected chi connectivity index (χ2v) is 6.35. The van der Waals surface area contributed by atoms with Crippen molar-refractivity contribution in [3.05, 3.63) is 0 Å².